The first kappa shape index (κ1) is 9.96. The maximum atomic E-state index is 12.6. The molecule has 0 radical (unpaired) electrons. The summed E-state index contributed by atoms with van der Waals surface area (Å²) in [6.45, 7) is 0.563. The van der Waals surface area contributed by atoms with E-state index >= 15 is 0 Å². The Labute approximate surface area is 87.8 Å². The normalized spacial score (nSPS) is 19.8. The number of ether oxygens (including phenoxy) is 1. The summed E-state index contributed by atoms with van der Waals surface area (Å²) >= 11 is 0. The van der Waals surface area contributed by atoms with E-state index < -0.39 is 0 Å². The highest BCUT2D eigenvalue weighted by Gasteiger charge is 2.15. The first-order valence-corrected chi connectivity index (χ1v) is 4.94. The average Bonchev–Trinajstić information content (AvgIpc) is 2.64. The van der Waals surface area contributed by atoms with Gasteiger partial charge in [-0.1, -0.05) is 12.1 Å². The molecule has 3 nitrogen and oxygen atoms in total. The Balaban J connectivity index is 1.86. The van der Waals surface area contributed by atoms with Crippen LogP contribution in [0.15, 0.2) is 29.3 Å². The van der Waals surface area contributed by atoms with Crippen molar-refractivity contribution in [1.82, 2.24) is 0 Å². The lowest BCUT2D eigenvalue weighted by Crippen LogP contribution is -2.10. The van der Waals surface area contributed by atoms with Crippen LogP contribution in [0.1, 0.15) is 12.0 Å². The summed E-state index contributed by atoms with van der Waals surface area (Å²) in [4.78, 5) is 4.12. The highest BCUT2D eigenvalue weighted by molar-refractivity contribution is 5.72. The minimum atomic E-state index is -0.204. The Morgan fingerprint density at radius 2 is 2.13 bits per heavy atom. The van der Waals surface area contributed by atoms with Crippen LogP contribution in [0.3, 0.4) is 0 Å². The van der Waals surface area contributed by atoms with Gasteiger partial charge in [-0.05, 0) is 30.5 Å². The van der Waals surface area contributed by atoms with Gasteiger partial charge in [-0.3, -0.25) is 0 Å². The van der Waals surface area contributed by atoms with Gasteiger partial charge >= 0.3 is 0 Å². The molecule has 0 bridgehead atoms. The number of nitrogens with two attached hydrogens (primary N) is 1. The van der Waals surface area contributed by atoms with Crippen molar-refractivity contribution in [3.63, 3.8) is 0 Å². The third-order valence-corrected chi connectivity index (χ3v) is 2.41. The summed E-state index contributed by atoms with van der Waals surface area (Å²) in [5, 5.41) is 0. The van der Waals surface area contributed by atoms with Crippen LogP contribution in [0.25, 0.3) is 0 Å². The van der Waals surface area contributed by atoms with Gasteiger partial charge in [0.25, 0.3) is 6.02 Å². The van der Waals surface area contributed by atoms with Gasteiger partial charge in [-0.15, -0.1) is 0 Å². The van der Waals surface area contributed by atoms with E-state index in [0.29, 0.717) is 6.61 Å². The van der Waals surface area contributed by atoms with Crippen LogP contribution in [0.2, 0.25) is 0 Å². The van der Waals surface area contributed by atoms with Crippen LogP contribution < -0.4 is 5.73 Å². The number of benzene rings is 1. The zero-order chi connectivity index (χ0) is 10.7. The number of halogens is 1. The van der Waals surface area contributed by atoms with Gasteiger partial charge in [-0.25, -0.2) is 9.38 Å². The molecule has 2 N–H and O–H groups in total. The van der Waals surface area contributed by atoms with E-state index in [1.165, 1.54) is 12.1 Å². The van der Waals surface area contributed by atoms with Gasteiger partial charge in [0.1, 0.15) is 12.4 Å². The molecule has 0 aromatic heterocycles. The van der Waals surface area contributed by atoms with E-state index in [4.69, 9.17) is 10.5 Å². The average molecular weight is 208 g/mol. The van der Waals surface area contributed by atoms with Crippen molar-refractivity contribution in [2.24, 2.45) is 10.7 Å². The molecule has 1 aromatic rings. The number of rotatable bonds is 3. The maximum absolute atomic E-state index is 12.6. The molecule has 1 heterocycles. The van der Waals surface area contributed by atoms with Gasteiger partial charge in [0.15, 0.2) is 0 Å². The molecule has 1 aliphatic heterocycles. The van der Waals surface area contributed by atoms with Crippen LogP contribution in [0, 0.1) is 5.82 Å². The number of hydrogen-bond acceptors (Lipinski definition) is 3. The molecule has 0 aliphatic carbocycles. The predicted octanol–water partition coefficient (Wildman–Crippen LogP) is 1.47. The van der Waals surface area contributed by atoms with E-state index in [1.54, 1.807) is 12.1 Å². The van der Waals surface area contributed by atoms with Crippen molar-refractivity contribution < 1.29 is 9.13 Å². The highest BCUT2D eigenvalue weighted by atomic mass is 19.1. The highest BCUT2D eigenvalue weighted by Crippen LogP contribution is 2.11. The summed E-state index contributed by atoms with van der Waals surface area (Å²) in [6, 6.07) is 6.95. The van der Waals surface area contributed by atoms with Crippen molar-refractivity contribution in [2.75, 3.05) is 6.61 Å². The van der Waals surface area contributed by atoms with Gasteiger partial charge in [0.05, 0.1) is 6.04 Å². The smallest absolute Gasteiger partial charge is 0.282 e. The SMILES string of the molecule is NC1=NC(CCc2ccc(F)cc2)CO1. The Kier molecular flexibility index (Phi) is 2.85. The zero-order valence-corrected chi connectivity index (χ0v) is 8.32. The Morgan fingerprint density at radius 3 is 2.73 bits per heavy atom. The molecule has 0 amide bonds. The first-order chi connectivity index (χ1) is 7.24. The van der Waals surface area contributed by atoms with Gasteiger partial charge in [0.2, 0.25) is 0 Å². The summed E-state index contributed by atoms with van der Waals surface area (Å²) < 4.78 is 17.7. The monoisotopic (exact) mass is 208 g/mol. The molecule has 0 spiro atoms. The third-order valence-electron chi connectivity index (χ3n) is 2.41. The fourth-order valence-electron chi connectivity index (χ4n) is 1.57. The molecule has 80 valence electrons. The van der Waals surface area contributed by atoms with E-state index in [9.17, 15) is 4.39 Å². The fraction of sp³-hybridized carbons (Fsp3) is 0.364. The number of nitrogens with zero attached hydrogens (tertiary/aromatic N) is 1. The van der Waals surface area contributed by atoms with Gasteiger partial charge in [-0.2, -0.15) is 0 Å². The second-order valence-corrected chi connectivity index (χ2v) is 3.60. The van der Waals surface area contributed by atoms with Crippen molar-refractivity contribution in [3.05, 3.63) is 35.6 Å². The number of hydrogen-bond donors (Lipinski definition) is 1. The van der Waals surface area contributed by atoms with Crippen LogP contribution >= 0.6 is 0 Å². The molecular formula is C11H13FN2O. The third kappa shape index (κ3) is 2.68. The van der Waals surface area contributed by atoms with E-state index in [1.807, 2.05) is 0 Å². The second kappa shape index (κ2) is 4.29. The van der Waals surface area contributed by atoms with Crippen molar-refractivity contribution in [3.8, 4) is 0 Å². The lowest BCUT2D eigenvalue weighted by molar-refractivity contribution is 0.308. The van der Waals surface area contributed by atoms with Crippen LogP contribution in [-0.2, 0) is 11.2 Å². The molecule has 0 saturated carbocycles. The molecule has 1 aromatic carbocycles. The number of aryl methyl sites for hydroxylation is 1. The lowest BCUT2D eigenvalue weighted by Gasteiger charge is -2.04. The molecule has 2 rings (SSSR count). The van der Waals surface area contributed by atoms with E-state index in [0.717, 1.165) is 18.4 Å². The van der Waals surface area contributed by atoms with Crippen LogP contribution in [0.5, 0.6) is 0 Å². The molecule has 4 heteroatoms. The predicted molar refractivity (Wildman–Crippen MR) is 56.1 cm³/mol. The molecule has 1 unspecified atom stereocenters. The molecule has 1 aliphatic rings. The van der Waals surface area contributed by atoms with Crippen molar-refractivity contribution >= 4 is 6.02 Å². The zero-order valence-electron chi connectivity index (χ0n) is 8.32. The van der Waals surface area contributed by atoms with E-state index in [-0.39, 0.29) is 17.9 Å². The summed E-state index contributed by atoms with van der Waals surface area (Å²) in [5.74, 6) is -0.204. The Bertz CT molecular complexity index is 361. The second-order valence-electron chi connectivity index (χ2n) is 3.60. The molecule has 0 saturated heterocycles. The summed E-state index contributed by atoms with van der Waals surface area (Å²) in [6.07, 6.45) is 1.75. The largest absolute Gasteiger partial charge is 0.463 e. The minimum Gasteiger partial charge on any atom is -0.463 e. The molecule has 0 fully saturated rings. The number of amidine groups is 1. The van der Waals surface area contributed by atoms with Crippen molar-refractivity contribution in [1.29, 1.82) is 0 Å². The van der Waals surface area contributed by atoms with Gasteiger partial charge < -0.3 is 10.5 Å². The molecule has 1 atom stereocenters. The Morgan fingerprint density at radius 1 is 1.40 bits per heavy atom. The molecule has 15 heavy (non-hydrogen) atoms. The van der Waals surface area contributed by atoms with Gasteiger partial charge in [0, 0.05) is 0 Å². The Hall–Kier alpha value is -1.58. The summed E-state index contributed by atoms with van der Waals surface area (Å²) in [7, 11) is 0. The fourth-order valence-corrected chi connectivity index (χ4v) is 1.57. The molecular weight excluding hydrogens is 195 g/mol. The quantitative estimate of drug-likeness (QED) is 0.817. The van der Waals surface area contributed by atoms with Crippen molar-refractivity contribution in [2.45, 2.75) is 18.9 Å². The standard InChI is InChI=1S/C11H13FN2O/c12-9-4-1-8(2-5-9)3-6-10-7-15-11(13)14-10/h1-2,4-5,10H,3,6-7H2,(H2,13,14). The minimum absolute atomic E-state index is 0.148. The maximum Gasteiger partial charge on any atom is 0.282 e. The van der Waals surface area contributed by atoms with E-state index in [2.05, 4.69) is 4.99 Å². The van der Waals surface area contributed by atoms with Crippen LogP contribution in [0.4, 0.5) is 4.39 Å². The van der Waals surface area contributed by atoms with Crippen LogP contribution in [-0.4, -0.2) is 18.7 Å². The summed E-state index contributed by atoms with van der Waals surface area (Å²) in [5.41, 5.74) is 6.50. The lowest BCUT2D eigenvalue weighted by atomic mass is 10.1. The number of aliphatic imine (C=N–C) groups is 1. The first-order valence-electron chi connectivity index (χ1n) is 4.94. The topological polar surface area (TPSA) is 47.6 Å².